The van der Waals surface area contributed by atoms with Gasteiger partial charge < -0.3 is 15.4 Å². The Morgan fingerprint density at radius 3 is 2.24 bits per heavy atom. The molecule has 134 valence electrons. The lowest BCUT2D eigenvalue weighted by atomic mass is 10.1. The number of halogens is 1. The van der Waals surface area contributed by atoms with Gasteiger partial charge in [0.25, 0.3) is 0 Å². The topological polar surface area (TPSA) is 45.6 Å². The highest BCUT2D eigenvalue weighted by Gasteiger charge is 2.00. The maximum Gasteiger partial charge on any atom is 0.191 e. The SMILES string of the molecule is CCOCc1ccc(CNC(=NC)NCCc2ccc(Cl)cc2)cc1. The molecule has 0 atom stereocenters. The summed E-state index contributed by atoms with van der Waals surface area (Å²) in [6.07, 6.45) is 0.921. The molecule has 0 aliphatic carbocycles. The summed E-state index contributed by atoms with van der Waals surface area (Å²) in [5, 5.41) is 7.42. The van der Waals surface area contributed by atoms with E-state index >= 15 is 0 Å². The van der Waals surface area contributed by atoms with Gasteiger partial charge in [0.2, 0.25) is 0 Å². The fourth-order valence-electron chi connectivity index (χ4n) is 2.36. The Balaban J connectivity index is 1.73. The summed E-state index contributed by atoms with van der Waals surface area (Å²) >= 11 is 5.90. The molecule has 4 nitrogen and oxygen atoms in total. The third-order valence-electron chi connectivity index (χ3n) is 3.80. The van der Waals surface area contributed by atoms with Crippen molar-refractivity contribution in [3.63, 3.8) is 0 Å². The van der Waals surface area contributed by atoms with Crippen LogP contribution in [0.2, 0.25) is 5.02 Å². The van der Waals surface area contributed by atoms with E-state index in [1.165, 1.54) is 16.7 Å². The molecule has 0 aliphatic heterocycles. The molecule has 0 amide bonds. The minimum atomic E-state index is 0.665. The Hall–Kier alpha value is -2.04. The van der Waals surface area contributed by atoms with Crippen LogP contribution in [0, 0.1) is 0 Å². The van der Waals surface area contributed by atoms with Gasteiger partial charge in [0.15, 0.2) is 5.96 Å². The largest absolute Gasteiger partial charge is 0.377 e. The standard InChI is InChI=1S/C20H26ClN3O/c1-3-25-15-18-6-4-17(5-7-18)14-24-20(22-2)23-13-12-16-8-10-19(21)11-9-16/h4-11H,3,12-15H2,1-2H3,(H2,22,23,24). The molecule has 0 fully saturated rings. The number of benzene rings is 2. The van der Waals surface area contributed by atoms with E-state index in [1.54, 1.807) is 7.05 Å². The molecule has 2 aromatic carbocycles. The van der Waals surface area contributed by atoms with Crippen molar-refractivity contribution in [2.45, 2.75) is 26.5 Å². The molecule has 2 aromatic rings. The van der Waals surface area contributed by atoms with Gasteiger partial charge in [0.1, 0.15) is 0 Å². The number of rotatable bonds is 8. The molecular weight excluding hydrogens is 334 g/mol. The third kappa shape index (κ3) is 7.16. The minimum Gasteiger partial charge on any atom is -0.377 e. The maximum absolute atomic E-state index is 5.90. The Labute approximate surface area is 155 Å². The van der Waals surface area contributed by atoms with Gasteiger partial charge in [-0.2, -0.15) is 0 Å². The zero-order valence-corrected chi connectivity index (χ0v) is 15.6. The van der Waals surface area contributed by atoms with Crippen molar-refractivity contribution in [2.24, 2.45) is 4.99 Å². The van der Waals surface area contributed by atoms with Crippen molar-refractivity contribution in [1.82, 2.24) is 10.6 Å². The summed E-state index contributed by atoms with van der Waals surface area (Å²) in [6.45, 7) is 4.95. The van der Waals surface area contributed by atoms with Crippen molar-refractivity contribution in [3.8, 4) is 0 Å². The third-order valence-corrected chi connectivity index (χ3v) is 4.05. The second kappa shape index (κ2) is 10.7. The average Bonchev–Trinajstić information content (AvgIpc) is 2.65. The maximum atomic E-state index is 5.90. The van der Waals surface area contributed by atoms with Crippen molar-refractivity contribution >= 4 is 17.6 Å². The zero-order valence-electron chi connectivity index (χ0n) is 14.9. The van der Waals surface area contributed by atoms with E-state index in [0.717, 1.165) is 37.1 Å². The fourth-order valence-corrected chi connectivity index (χ4v) is 2.48. The summed E-state index contributed by atoms with van der Waals surface area (Å²) in [7, 11) is 1.78. The predicted octanol–water partition coefficient (Wildman–Crippen LogP) is 3.78. The van der Waals surface area contributed by atoms with Crippen LogP contribution in [0.1, 0.15) is 23.6 Å². The molecular formula is C20H26ClN3O. The Bertz CT molecular complexity index is 654. The molecule has 0 aliphatic rings. The number of ether oxygens (including phenoxy) is 1. The first kappa shape index (κ1) is 19.3. The molecule has 0 unspecified atom stereocenters. The van der Waals surface area contributed by atoms with Crippen molar-refractivity contribution in [1.29, 1.82) is 0 Å². The van der Waals surface area contributed by atoms with E-state index in [-0.39, 0.29) is 0 Å². The molecule has 0 bridgehead atoms. The average molecular weight is 360 g/mol. The molecule has 0 heterocycles. The van der Waals surface area contributed by atoms with Crippen LogP contribution in [0.3, 0.4) is 0 Å². The molecule has 2 N–H and O–H groups in total. The summed E-state index contributed by atoms with van der Waals surface area (Å²) in [6, 6.07) is 16.4. The first-order chi connectivity index (χ1) is 12.2. The summed E-state index contributed by atoms with van der Waals surface area (Å²) < 4.78 is 5.41. The lowest BCUT2D eigenvalue weighted by Crippen LogP contribution is -2.37. The van der Waals surface area contributed by atoms with E-state index < -0.39 is 0 Å². The Kier molecular flexibility index (Phi) is 8.29. The molecule has 25 heavy (non-hydrogen) atoms. The molecule has 0 aromatic heterocycles. The van der Waals surface area contributed by atoms with Crippen LogP contribution in [0.4, 0.5) is 0 Å². The summed E-state index contributed by atoms with van der Waals surface area (Å²) in [5.74, 6) is 0.798. The zero-order chi connectivity index (χ0) is 17.9. The first-order valence-electron chi connectivity index (χ1n) is 8.55. The monoisotopic (exact) mass is 359 g/mol. The van der Waals surface area contributed by atoms with Gasteiger partial charge in [-0.3, -0.25) is 4.99 Å². The number of guanidine groups is 1. The number of nitrogens with zero attached hydrogens (tertiary/aromatic N) is 1. The van der Waals surface area contributed by atoms with Crippen LogP contribution in [0.15, 0.2) is 53.5 Å². The van der Waals surface area contributed by atoms with Gasteiger partial charge in [0.05, 0.1) is 6.61 Å². The fraction of sp³-hybridized carbons (Fsp3) is 0.350. The summed E-state index contributed by atoms with van der Waals surface area (Å²) in [4.78, 5) is 4.26. The highest BCUT2D eigenvalue weighted by molar-refractivity contribution is 6.30. The number of aliphatic imine (C=N–C) groups is 1. The number of hydrogen-bond donors (Lipinski definition) is 2. The van der Waals surface area contributed by atoms with Gasteiger partial charge in [-0.05, 0) is 42.2 Å². The van der Waals surface area contributed by atoms with Gasteiger partial charge in [-0.1, -0.05) is 48.0 Å². The molecule has 0 spiro atoms. The van der Waals surface area contributed by atoms with E-state index in [4.69, 9.17) is 16.3 Å². The molecule has 0 saturated heterocycles. The Morgan fingerprint density at radius 2 is 1.60 bits per heavy atom. The Morgan fingerprint density at radius 1 is 0.960 bits per heavy atom. The first-order valence-corrected chi connectivity index (χ1v) is 8.93. The van der Waals surface area contributed by atoms with E-state index in [9.17, 15) is 0 Å². The normalized spacial score (nSPS) is 11.4. The van der Waals surface area contributed by atoms with Crippen LogP contribution >= 0.6 is 11.6 Å². The number of hydrogen-bond acceptors (Lipinski definition) is 2. The molecule has 0 saturated carbocycles. The smallest absolute Gasteiger partial charge is 0.191 e. The van der Waals surface area contributed by atoms with Crippen molar-refractivity contribution in [2.75, 3.05) is 20.2 Å². The predicted molar refractivity (Wildman–Crippen MR) is 105 cm³/mol. The second-order valence-electron chi connectivity index (χ2n) is 5.68. The number of nitrogens with one attached hydrogen (secondary N) is 2. The van der Waals surface area contributed by atoms with Crippen LogP contribution in [0.25, 0.3) is 0 Å². The minimum absolute atomic E-state index is 0.665. The van der Waals surface area contributed by atoms with Gasteiger partial charge in [0, 0.05) is 31.8 Å². The van der Waals surface area contributed by atoms with Gasteiger partial charge in [-0.25, -0.2) is 0 Å². The van der Waals surface area contributed by atoms with E-state index in [2.05, 4.69) is 39.9 Å². The van der Waals surface area contributed by atoms with Crippen molar-refractivity contribution in [3.05, 3.63) is 70.2 Å². The molecule has 5 heteroatoms. The highest BCUT2D eigenvalue weighted by Crippen LogP contribution is 2.09. The second-order valence-corrected chi connectivity index (χ2v) is 6.12. The van der Waals surface area contributed by atoms with Crippen LogP contribution in [0.5, 0.6) is 0 Å². The van der Waals surface area contributed by atoms with Crippen LogP contribution in [-0.4, -0.2) is 26.2 Å². The van der Waals surface area contributed by atoms with E-state index in [1.807, 2.05) is 31.2 Å². The van der Waals surface area contributed by atoms with Crippen LogP contribution < -0.4 is 10.6 Å². The molecule has 2 rings (SSSR count). The van der Waals surface area contributed by atoms with Crippen LogP contribution in [-0.2, 0) is 24.3 Å². The van der Waals surface area contributed by atoms with Crippen molar-refractivity contribution < 1.29 is 4.74 Å². The quantitative estimate of drug-likeness (QED) is 0.557. The van der Waals surface area contributed by atoms with E-state index in [0.29, 0.717) is 6.61 Å². The summed E-state index contributed by atoms with van der Waals surface area (Å²) in [5.41, 5.74) is 3.65. The lowest BCUT2D eigenvalue weighted by Gasteiger charge is -2.12. The molecule has 0 radical (unpaired) electrons. The van der Waals surface area contributed by atoms with Gasteiger partial charge in [-0.15, -0.1) is 0 Å². The lowest BCUT2D eigenvalue weighted by molar-refractivity contribution is 0.134. The van der Waals surface area contributed by atoms with Gasteiger partial charge >= 0.3 is 0 Å². The highest BCUT2D eigenvalue weighted by atomic mass is 35.5.